The SMILES string of the molecule is Cc1ccc(CC(Cl)CN)cc1. The first-order valence-corrected chi connectivity index (χ1v) is 4.55. The number of hydrogen-bond acceptors (Lipinski definition) is 1. The van der Waals surface area contributed by atoms with Crippen molar-refractivity contribution in [3.8, 4) is 0 Å². The van der Waals surface area contributed by atoms with Crippen LogP contribution in [0.4, 0.5) is 0 Å². The molecule has 1 rings (SSSR count). The van der Waals surface area contributed by atoms with Crippen molar-refractivity contribution in [2.24, 2.45) is 5.73 Å². The average Bonchev–Trinajstić information content (AvgIpc) is 2.09. The standard InChI is InChI=1S/C10H14ClN/c1-8-2-4-9(5-3-8)6-10(11)7-12/h2-5,10H,6-7,12H2,1H3. The lowest BCUT2D eigenvalue weighted by Crippen LogP contribution is -2.16. The molecule has 1 nitrogen and oxygen atoms in total. The fourth-order valence-electron chi connectivity index (χ4n) is 1.06. The van der Waals surface area contributed by atoms with Crippen molar-refractivity contribution in [2.45, 2.75) is 18.7 Å². The predicted molar refractivity (Wildman–Crippen MR) is 53.6 cm³/mol. The number of nitrogens with two attached hydrogens (primary N) is 1. The molecule has 1 unspecified atom stereocenters. The molecule has 0 amide bonds. The Balaban J connectivity index is 2.58. The first-order valence-electron chi connectivity index (χ1n) is 4.12. The summed E-state index contributed by atoms with van der Waals surface area (Å²) in [6.07, 6.45) is 0.859. The summed E-state index contributed by atoms with van der Waals surface area (Å²) in [6, 6.07) is 8.38. The van der Waals surface area contributed by atoms with E-state index in [9.17, 15) is 0 Å². The molecule has 1 aromatic carbocycles. The van der Waals surface area contributed by atoms with Gasteiger partial charge in [-0.25, -0.2) is 0 Å². The fourth-order valence-corrected chi connectivity index (χ4v) is 1.24. The highest BCUT2D eigenvalue weighted by Gasteiger charge is 2.02. The van der Waals surface area contributed by atoms with Crippen LogP contribution in [-0.2, 0) is 6.42 Å². The van der Waals surface area contributed by atoms with Gasteiger partial charge < -0.3 is 5.73 Å². The zero-order chi connectivity index (χ0) is 8.97. The van der Waals surface area contributed by atoms with Crippen LogP contribution in [-0.4, -0.2) is 11.9 Å². The Labute approximate surface area is 78.5 Å². The van der Waals surface area contributed by atoms with Crippen molar-refractivity contribution in [3.63, 3.8) is 0 Å². The molecule has 0 saturated heterocycles. The van der Waals surface area contributed by atoms with Crippen molar-refractivity contribution >= 4 is 11.6 Å². The van der Waals surface area contributed by atoms with Crippen molar-refractivity contribution < 1.29 is 0 Å². The van der Waals surface area contributed by atoms with Crippen LogP contribution < -0.4 is 5.73 Å². The summed E-state index contributed by atoms with van der Waals surface area (Å²) in [6.45, 7) is 2.61. The molecule has 66 valence electrons. The Kier molecular flexibility index (Phi) is 3.57. The molecule has 0 aliphatic carbocycles. The van der Waals surface area contributed by atoms with Crippen LogP contribution in [0.25, 0.3) is 0 Å². The molecule has 1 aromatic rings. The molecular formula is C10H14ClN. The van der Waals surface area contributed by atoms with Crippen LogP contribution >= 0.6 is 11.6 Å². The molecule has 12 heavy (non-hydrogen) atoms. The number of alkyl halides is 1. The van der Waals surface area contributed by atoms with Gasteiger partial charge in [0, 0.05) is 11.9 Å². The Morgan fingerprint density at radius 2 is 1.92 bits per heavy atom. The van der Waals surface area contributed by atoms with Crippen molar-refractivity contribution in [2.75, 3.05) is 6.54 Å². The van der Waals surface area contributed by atoms with E-state index < -0.39 is 0 Å². The molecular weight excluding hydrogens is 170 g/mol. The van der Waals surface area contributed by atoms with Gasteiger partial charge in [-0.3, -0.25) is 0 Å². The Hall–Kier alpha value is -0.530. The molecule has 0 spiro atoms. The first-order chi connectivity index (χ1) is 5.72. The summed E-state index contributed by atoms with van der Waals surface area (Å²) in [5.41, 5.74) is 7.95. The molecule has 0 aromatic heterocycles. The summed E-state index contributed by atoms with van der Waals surface area (Å²) in [5.74, 6) is 0. The minimum Gasteiger partial charge on any atom is -0.329 e. The van der Waals surface area contributed by atoms with Crippen LogP contribution in [0.2, 0.25) is 0 Å². The molecule has 0 saturated carbocycles. The molecule has 0 fully saturated rings. The average molecular weight is 184 g/mol. The molecule has 1 atom stereocenters. The number of aryl methyl sites for hydroxylation is 1. The fraction of sp³-hybridized carbons (Fsp3) is 0.400. The largest absolute Gasteiger partial charge is 0.329 e. The third-order valence-corrected chi connectivity index (χ3v) is 2.17. The molecule has 2 heteroatoms. The maximum atomic E-state index is 5.91. The zero-order valence-electron chi connectivity index (χ0n) is 7.26. The molecule has 0 aliphatic rings. The highest BCUT2D eigenvalue weighted by atomic mass is 35.5. The lowest BCUT2D eigenvalue weighted by atomic mass is 10.1. The number of halogens is 1. The van der Waals surface area contributed by atoms with Crippen LogP contribution in [0.15, 0.2) is 24.3 Å². The van der Waals surface area contributed by atoms with E-state index in [1.165, 1.54) is 11.1 Å². The highest BCUT2D eigenvalue weighted by molar-refractivity contribution is 6.20. The van der Waals surface area contributed by atoms with Gasteiger partial charge in [0.2, 0.25) is 0 Å². The maximum Gasteiger partial charge on any atom is 0.0498 e. The molecule has 0 aliphatic heterocycles. The molecule has 0 bridgehead atoms. The summed E-state index contributed by atoms with van der Waals surface area (Å²) in [4.78, 5) is 0. The van der Waals surface area contributed by atoms with E-state index in [0.717, 1.165) is 6.42 Å². The minimum atomic E-state index is 0.0627. The van der Waals surface area contributed by atoms with Crippen molar-refractivity contribution in [3.05, 3.63) is 35.4 Å². The summed E-state index contributed by atoms with van der Waals surface area (Å²) in [7, 11) is 0. The molecule has 2 N–H and O–H groups in total. The van der Waals surface area contributed by atoms with E-state index in [0.29, 0.717) is 6.54 Å². The van der Waals surface area contributed by atoms with Crippen LogP contribution in [0.1, 0.15) is 11.1 Å². The second-order valence-electron chi connectivity index (χ2n) is 3.02. The van der Waals surface area contributed by atoms with E-state index >= 15 is 0 Å². The van der Waals surface area contributed by atoms with Gasteiger partial charge in [0.25, 0.3) is 0 Å². The third-order valence-electron chi connectivity index (χ3n) is 1.83. The quantitative estimate of drug-likeness (QED) is 0.714. The van der Waals surface area contributed by atoms with E-state index in [2.05, 4.69) is 31.2 Å². The summed E-state index contributed by atoms with van der Waals surface area (Å²) in [5, 5.41) is 0.0627. The van der Waals surface area contributed by atoms with E-state index in [4.69, 9.17) is 17.3 Å². The first kappa shape index (κ1) is 9.56. The Morgan fingerprint density at radius 1 is 1.33 bits per heavy atom. The number of benzene rings is 1. The normalized spacial score (nSPS) is 12.9. The van der Waals surface area contributed by atoms with Gasteiger partial charge in [-0.15, -0.1) is 11.6 Å². The Bertz CT molecular complexity index is 230. The van der Waals surface area contributed by atoms with Crippen molar-refractivity contribution in [1.29, 1.82) is 0 Å². The zero-order valence-corrected chi connectivity index (χ0v) is 8.01. The summed E-state index contributed by atoms with van der Waals surface area (Å²) < 4.78 is 0. The van der Waals surface area contributed by atoms with Crippen LogP contribution in [0, 0.1) is 6.92 Å². The smallest absolute Gasteiger partial charge is 0.0498 e. The van der Waals surface area contributed by atoms with Gasteiger partial charge in [-0.1, -0.05) is 29.8 Å². The van der Waals surface area contributed by atoms with Crippen LogP contribution in [0.3, 0.4) is 0 Å². The number of rotatable bonds is 3. The third kappa shape index (κ3) is 2.84. The van der Waals surface area contributed by atoms with Gasteiger partial charge in [0.1, 0.15) is 0 Å². The van der Waals surface area contributed by atoms with Gasteiger partial charge in [0.15, 0.2) is 0 Å². The predicted octanol–water partition coefficient (Wildman–Crippen LogP) is 2.10. The molecule has 0 heterocycles. The van der Waals surface area contributed by atoms with Gasteiger partial charge >= 0.3 is 0 Å². The Morgan fingerprint density at radius 3 is 2.42 bits per heavy atom. The maximum absolute atomic E-state index is 5.91. The van der Waals surface area contributed by atoms with Crippen LogP contribution in [0.5, 0.6) is 0 Å². The minimum absolute atomic E-state index is 0.0627. The second kappa shape index (κ2) is 4.48. The topological polar surface area (TPSA) is 26.0 Å². The monoisotopic (exact) mass is 183 g/mol. The number of hydrogen-bond donors (Lipinski definition) is 1. The lowest BCUT2D eigenvalue weighted by Gasteiger charge is -2.05. The van der Waals surface area contributed by atoms with E-state index in [1.54, 1.807) is 0 Å². The van der Waals surface area contributed by atoms with Gasteiger partial charge in [-0.2, -0.15) is 0 Å². The van der Waals surface area contributed by atoms with Crippen molar-refractivity contribution in [1.82, 2.24) is 0 Å². The van der Waals surface area contributed by atoms with E-state index in [-0.39, 0.29) is 5.38 Å². The van der Waals surface area contributed by atoms with E-state index in [1.807, 2.05) is 0 Å². The molecule has 0 radical (unpaired) electrons. The second-order valence-corrected chi connectivity index (χ2v) is 3.64. The lowest BCUT2D eigenvalue weighted by molar-refractivity contribution is 0.842. The van der Waals surface area contributed by atoms with Gasteiger partial charge in [-0.05, 0) is 18.9 Å². The van der Waals surface area contributed by atoms with Gasteiger partial charge in [0.05, 0.1) is 0 Å². The summed E-state index contributed by atoms with van der Waals surface area (Å²) >= 11 is 5.91. The highest BCUT2D eigenvalue weighted by Crippen LogP contribution is 2.08.